The number of aliphatic carboxylic acids is 1. The number of anilines is 1. The van der Waals surface area contributed by atoms with Crippen LogP contribution in [0.1, 0.15) is 34.4 Å². The Labute approximate surface area is 200 Å². The van der Waals surface area contributed by atoms with Gasteiger partial charge in [0.05, 0.1) is 5.39 Å². The van der Waals surface area contributed by atoms with Crippen LogP contribution in [0.25, 0.3) is 21.3 Å². The van der Waals surface area contributed by atoms with Gasteiger partial charge < -0.3 is 9.84 Å². The summed E-state index contributed by atoms with van der Waals surface area (Å²) in [5.74, 6) is -1.03. The monoisotopic (exact) mass is 473 g/mol. The summed E-state index contributed by atoms with van der Waals surface area (Å²) in [5.41, 5.74) is 5.34. The van der Waals surface area contributed by atoms with Crippen molar-refractivity contribution in [3.8, 4) is 11.1 Å². The smallest absolute Gasteiger partial charge is 0.416 e. The van der Waals surface area contributed by atoms with Gasteiger partial charge in [-0.2, -0.15) is 0 Å². The van der Waals surface area contributed by atoms with Crippen molar-refractivity contribution < 1.29 is 19.4 Å². The standard InChI is InChI=1S/C26H23N3O4S/c1-14-16(3)34-24-22(14)23(27-13-28-24)29(15(2)25(30)31)26(32)33-12-21-19-10-6-4-8-17(19)18-9-5-7-11-20(18)21/h4-11,13,15,21H,12H2,1-3H3,(H,30,31). The van der Waals surface area contributed by atoms with Gasteiger partial charge in [-0.3, -0.25) is 0 Å². The van der Waals surface area contributed by atoms with Gasteiger partial charge in [-0.1, -0.05) is 48.5 Å². The predicted octanol–water partition coefficient (Wildman–Crippen LogP) is 5.54. The number of ether oxygens (including phenoxy) is 1. The lowest BCUT2D eigenvalue weighted by Crippen LogP contribution is -2.44. The molecule has 1 aliphatic carbocycles. The van der Waals surface area contributed by atoms with Crippen molar-refractivity contribution >= 4 is 39.4 Å². The molecule has 172 valence electrons. The van der Waals surface area contributed by atoms with Crippen LogP contribution in [0.5, 0.6) is 0 Å². The number of aromatic nitrogens is 2. The summed E-state index contributed by atoms with van der Waals surface area (Å²) < 4.78 is 5.79. The van der Waals surface area contributed by atoms with E-state index in [-0.39, 0.29) is 18.3 Å². The van der Waals surface area contributed by atoms with E-state index in [9.17, 15) is 14.7 Å². The van der Waals surface area contributed by atoms with Crippen LogP contribution in [-0.4, -0.2) is 39.8 Å². The number of thiophene rings is 1. The van der Waals surface area contributed by atoms with Gasteiger partial charge in [0.15, 0.2) is 5.82 Å². The van der Waals surface area contributed by atoms with Crippen LogP contribution in [0, 0.1) is 13.8 Å². The molecule has 0 fully saturated rings. The minimum Gasteiger partial charge on any atom is -0.480 e. The Bertz CT molecular complexity index is 1390. The van der Waals surface area contributed by atoms with Gasteiger partial charge >= 0.3 is 12.1 Å². The summed E-state index contributed by atoms with van der Waals surface area (Å²) in [6, 6.07) is 15.0. The molecule has 4 aromatic rings. The van der Waals surface area contributed by atoms with Gasteiger partial charge in [0.1, 0.15) is 23.8 Å². The maximum atomic E-state index is 13.4. The van der Waals surface area contributed by atoms with E-state index in [1.165, 1.54) is 24.6 Å². The van der Waals surface area contributed by atoms with Crippen LogP contribution in [0.4, 0.5) is 10.6 Å². The number of carboxylic acids is 1. The van der Waals surface area contributed by atoms with Crippen molar-refractivity contribution in [1.82, 2.24) is 9.97 Å². The third-order valence-corrected chi connectivity index (χ3v) is 7.57. The molecular weight excluding hydrogens is 450 g/mol. The highest BCUT2D eigenvalue weighted by atomic mass is 32.1. The quantitative estimate of drug-likeness (QED) is 0.409. The molecule has 8 heteroatoms. The largest absolute Gasteiger partial charge is 0.480 e. The van der Waals surface area contributed by atoms with Crippen LogP contribution < -0.4 is 4.90 Å². The normalized spacial score (nSPS) is 13.4. The first-order chi connectivity index (χ1) is 16.4. The van der Waals surface area contributed by atoms with Crippen molar-refractivity contribution in [1.29, 1.82) is 0 Å². The average molecular weight is 474 g/mol. The summed E-state index contributed by atoms with van der Waals surface area (Å²) in [6.45, 7) is 5.42. The fraction of sp³-hybridized carbons (Fsp3) is 0.231. The zero-order chi connectivity index (χ0) is 24.0. The fourth-order valence-corrected chi connectivity index (χ4v) is 5.54. The van der Waals surface area contributed by atoms with Gasteiger partial charge in [0.2, 0.25) is 0 Å². The number of carboxylic acid groups (broad SMARTS) is 1. The molecule has 0 bridgehead atoms. The number of hydrogen-bond donors (Lipinski definition) is 1. The number of carbonyl (C=O) groups excluding carboxylic acids is 1. The lowest BCUT2D eigenvalue weighted by atomic mass is 9.98. The van der Waals surface area contributed by atoms with E-state index in [0.29, 0.717) is 10.2 Å². The number of carbonyl (C=O) groups is 2. The predicted molar refractivity (Wildman–Crippen MR) is 132 cm³/mol. The van der Waals surface area contributed by atoms with Gasteiger partial charge in [0.25, 0.3) is 0 Å². The van der Waals surface area contributed by atoms with Crippen molar-refractivity contribution in [2.45, 2.75) is 32.7 Å². The van der Waals surface area contributed by atoms with Gasteiger partial charge in [0, 0.05) is 10.8 Å². The van der Waals surface area contributed by atoms with E-state index in [4.69, 9.17) is 4.74 Å². The second kappa shape index (κ2) is 8.53. The lowest BCUT2D eigenvalue weighted by Gasteiger charge is -2.26. The highest BCUT2D eigenvalue weighted by Crippen LogP contribution is 2.44. The van der Waals surface area contributed by atoms with Gasteiger partial charge in [-0.15, -0.1) is 11.3 Å². The molecule has 0 spiro atoms. The Morgan fingerprint density at radius 2 is 1.68 bits per heavy atom. The average Bonchev–Trinajstić information content (AvgIpc) is 3.32. The molecule has 1 unspecified atom stereocenters. The molecule has 0 saturated heterocycles. The molecule has 0 aliphatic heterocycles. The highest BCUT2D eigenvalue weighted by molar-refractivity contribution is 7.18. The number of rotatable bonds is 5. The molecule has 2 heterocycles. The first kappa shape index (κ1) is 22.0. The summed E-state index contributed by atoms with van der Waals surface area (Å²) in [7, 11) is 0. The summed E-state index contributed by atoms with van der Waals surface area (Å²) in [5, 5.41) is 10.4. The van der Waals surface area contributed by atoms with E-state index in [0.717, 1.165) is 37.6 Å². The third kappa shape index (κ3) is 3.51. The van der Waals surface area contributed by atoms with Crippen LogP contribution in [0.3, 0.4) is 0 Å². The number of fused-ring (bicyclic) bond motifs is 4. The molecule has 1 atom stereocenters. The van der Waals surface area contributed by atoms with Crippen molar-refractivity contribution in [3.05, 3.63) is 76.4 Å². The maximum Gasteiger partial charge on any atom is 0.416 e. The van der Waals surface area contributed by atoms with Crippen LogP contribution >= 0.6 is 11.3 Å². The molecular formula is C26H23N3O4S. The first-order valence-electron chi connectivity index (χ1n) is 11.0. The van der Waals surface area contributed by atoms with E-state index in [1.807, 2.05) is 50.2 Å². The molecule has 0 radical (unpaired) electrons. The zero-order valence-corrected chi connectivity index (χ0v) is 19.8. The third-order valence-electron chi connectivity index (χ3n) is 6.45. The molecule has 1 N–H and O–H groups in total. The molecule has 2 aromatic carbocycles. The van der Waals surface area contributed by atoms with Gasteiger partial charge in [-0.05, 0) is 48.6 Å². The van der Waals surface area contributed by atoms with Crippen molar-refractivity contribution in [2.75, 3.05) is 11.5 Å². The van der Waals surface area contributed by atoms with Crippen LogP contribution in [0.15, 0.2) is 54.9 Å². The minimum atomic E-state index is -1.17. The number of hydrogen-bond acceptors (Lipinski definition) is 6. The number of benzene rings is 2. The van der Waals surface area contributed by atoms with Crippen LogP contribution in [-0.2, 0) is 9.53 Å². The van der Waals surface area contributed by atoms with Crippen LogP contribution in [0.2, 0.25) is 0 Å². The Balaban J connectivity index is 1.50. The first-order valence-corrected chi connectivity index (χ1v) is 11.8. The summed E-state index contributed by atoms with van der Waals surface area (Å²) in [4.78, 5) is 36.8. The molecule has 0 saturated carbocycles. The molecule has 34 heavy (non-hydrogen) atoms. The van der Waals surface area contributed by atoms with E-state index in [1.54, 1.807) is 0 Å². The number of aryl methyl sites for hydroxylation is 2. The van der Waals surface area contributed by atoms with Crippen molar-refractivity contribution in [3.63, 3.8) is 0 Å². The SMILES string of the molecule is Cc1sc2ncnc(N(C(=O)OCC3c4ccccc4-c4ccccc43)C(C)C(=O)O)c2c1C. The fourth-order valence-electron chi connectivity index (χ4n) is 4.55. The Morgan fingerprint density at radius 1 is 1.06 bits per heavy atom. The van der Waals surface area contributed by atoms with E-state index < -0.39 is 18.1 Å². The number of nitrogens with zero attached hydrogens (tertiary/aromatic N) is 3. The summed E-state index contributed by atoms with van der Waals surface area (Å²) in [6.07, 6.45) is 0.603. The van der Waals surface area contributed by atoms with Gasteiger partial charge in [-0.25, -0.2) is 24.5 Å². The highest BCUT2D eigenvalue weighted by Gasteiger charge is 2.34. The maximum absolute atomic E-state index is 13.4. The van der Waals surface area contributed by atoms with E-state index in [2.05, 4.69) is 22.1 Å². The molecule has 1 amide bonds. The zero-order valence-electron chi connectivity index (χ0n) is 19.0. The Hall–Kier alpha value is -3.78. The second-order valence-corrected chi connectivity index (χ2v) is 9.55. The molecule has 7 nitrogen and oxygen atoms in total. The Morgan fingerprint density at radius 3 is 2.29 bits per heavy atom. The van der Waals surface area contributed by atoms with E-state index >= 15 is 0 Å². The Kier molecular flexibility index (Phi) is 5.53. The summed E-state index contributed by atoms with van der Waals surface area (Å²) >= 11 is 1.48. The molecule has 5 rings (SSSR count). The topological polar surface area (TPSA) is 92.6 Å². The van der Waals surface area contributed by atoms with Crippen molar-refractivity contribution in [2.24, 2.45) is 0 Å². The minimum absolute atomic E-state index is 0.0889. The molecule has 2 aromatic heterocycles. The number of amides is 1. The lowest BCUT2D eigenvalue weighted by molar-refractivity contribution is -0.138. The second-order valence-electron chi connectivity index (χ2n) is 8.35. The molecule has 1 aliphatic rings.